The van der Waals surface area contributed by atoms with Gasteiger partial charge in [-0.25, -0.2) is 31.5 Å². The molecule has 0 spiro atoms. The van der Waals surface area contributed by atoms with Gasteiger partial charge in [-0.1, -0.05) is 13.3 Å². The lowest BCUT2D eigenvalue weighted by Crippen LogP contribution is -2.42. The Bertz CT molecular complexity index is 1070. The summed E-state index contributed by atoms with van der Waals surface area (Å²) in [5, 5.41) is 3.09. The van der Waals surface area contributed by atoms with Gasteiger partial charge < -0.3 is 9.88 Å². The van der Waals surface area contributed by atoms with Crippen LogP contribution in [0.15, 0.2) is 23.3 Å². The molecular weight excluding hydrogens is 416 g/mol. The van der Waals surface area contributed by atoms with Crippen LogP contribution in [0, 0.1) is 11.6 Å². The Kier molecular flexibility index (Phi) is 6.81. The van der Waals surface area contributed by atoms with Crippen LogP contribution in [0.4, 0.5) is 14.7 Å². The van der Waals surface area contributed by atoms with E-state index < -0.39 is 27.2 Å². The highest BCUT2D eigenvalue weighted by atomic mass is 32.2. The number of unbranched alkanes of at least 4 members (excludes halogenated alkanes) is 1. The summed E-state index contributed by atoms with van der Waals surface area (Å²) in [6.07, 6.45) is 6.20. The summed E-state index contributed by atoms with van der Waals surface area (Å²) in [4.78, 5) is 20.1. The van der Waals surface area contributed by atoms with Crippen LogP contribution in [0.5, 0.6) is 0 Å². The summed E-state index contributed by atoms with van der Waals surface area (Å²) in [5.41, 5.74) is -0.707. The maximum absolute atomic E-state index is 14.4. The van der Waals surface area contributed by atoms with Crippen molar-refractivity contribution in [2.24, 2.45) is 0 Å². The second-order valence-electron chi connectivity index (χ2n) is 7.40. The number of aryl methyl sites for hydroxylation is 1. The molecular formula is C19H25F2N5O3S. The quantitative estimate of drug-likeness (QED) is 0.708. The van der Waals surface area contributed by atoms with E-state index in [-0.39, 0.29) is 23.2 Å². The van der Waals surface area contributed by atoms with Crippen molar-refractivity contribution in [3.63, 3.8) is 0 Å². The van der Waals surface area contributed by atoms with Crippen molar-refractivity contribution >= 4 is 16.0 Å². The highest BCUT2D eigenvalue weighted by Crippen LogP contribution is 2.23. The van der Waals surface area contributed by atoms with Crippen molar-refractivity contribution in [3.05, 3.63) is 40.4 Å². The molecule has 1 aliphatic rings. The van der Waals surface area contributed by atoms with Gasteiger partial charge in [0.15, 0.2) is 11.6 Å². The van der Waals surface area contributed by atoms with Crippen LogP contribution in [0.25, 0.3) is 11.3 Å². The normalized spacial score (nSPS) is 16.0. The minimum absolute atomic E-state index is 0.0726. The molecule has 8 nitrogen and oxygen atoms in total. The summed E-state index contributed by atoms with van der Waals surface area (Å²) < 4.78 is 54.4. The smallest absolute Gasteiger partial charge is 0.286 e. The van der Waals surface area contributed by atoms with E-state index in [9.17, 15) is 22.0 Å². The first-order chi connectivity index (χ1) is 14.2. The number of anilines is 1. The number of hydrogen-bond acceptors (Lipinski definition) is 6. The second-order valence-corrected chi connectivity index (χ2v) is 9.38. The van der Waals surface area contributed by atoms with Crippen LogP contribution in [0.3, 0.4) is 0 Å². The molecule has 2 aromatic heterocycles. The van der Waals surface area contributed by atoms with Crippen LogP contribution >= 0.6 is 0 Å². The zero-order chi connectivity index (χ0) is 21.9. The van der Waals surface area contributed by atoms with Crippen LogP contribution < -0.4 is 10.9 Å². The Morgan fingerprint density at radius 2 is 1.93 bits per heavy atom. The fourth-order valence-corrected chi connectivity index (χ4v) is 4.25. The van der Waals surface area contributed by atoms with Gasteiger partial charge in [0.25, 0.3) is 5.56 Å². The van der Waals surface area contributed by atoms with Crippen LogP contribution in [0.1, 0.15) is 32.6 Å². The Labute approximate surface area is 174 Å². The Morgan fingerprint density at radius 1 is 1.23 bits per heavy atom. The number of nitrogens with zero attached hydrogens (tertiary/aromatic N) is 4. The SMILES string of the molecule is CCCCn1cc(-c2nc(NC3CCN(S(C)(=O)=O)CC3)ncc2F)cc(F)c1=O. The number of hydrogen-bond donors (Lipinski definition) is 1. The average molecular weight is 442 g/mol. The molecule has 1 saturated heterocycles. The number of nitrogens with one attached hydrogen (secondary N) is 1. The molecule has 1 fully saturated rings. The lowest BCUT2D eigenvalue weighted by molar-refractivity contribution is 0.331. The molecule has 2 aromatic rings. The molecule has 164 valence electrons. The van der Waals surface area contributed by atoms with E-state index in [1.165, 1.54) is 21.3 Å². The molecule has 0 atom stereocenters. The third kappa shape index (κ3) is 5.20. The number of piperidine rings is 1. The monoisotopic (exact) mass is 441 g/mol. The minimum Gasteiger partial charge on any atom is -0.351 e. The molecule has 11 heteroatoms. The summed E-state index contributed by atoms with van der Waals surface area (Å²) in [5.74, 6) is -1.53. The lowest BCUT2D eigenvalue weighted by atomic mass is 10.1. The first-order valence-electron chi connectivity index (χ1n) is 9.83. The maximum atomic E-state index is 14.4. The molecule has 0 saturated carbocycles. The topological polar surface area (TPSA) is 97.2 Å². The third-order valence-electron chi connectivity index (χ3n) is 5.07. The van der Waals surface area contributed by atoms with Gasteiger partial charge in [-0.2, -0.15) is 0 Å². The van der Waals surface area contributed by atoms with Gasteiger partial charge in [0.05, 0.1) is 12.5 Å². The molecule has 3 heterocycles. The molecule has 0 amide bonds. The van der Waals surface area contributed by atoms with Crippen molar-refractivity contribution in [1.82, 2.24) is 18.8 Å². The molecule has 30 heavy (non-hydrogen) atoms. The first kappa shape index (κ1) is 22.3. The van der Waals surface area contributed by atoms with Gasteiger partial charge in [0.1, 0.15) is 5.69 Å². The molecule has 1 aliphatic heterocycles. The Balaban J connectivity index is 1.81. The van der Waals surface area contributed by atoms with Crippen molar-refractivity contribution in [2.75, 3.05) is 24.7 Å². The molecule has 0 aromatic carbocycles. The third-order valence-corrected chi connectivity index (χ3v) is 6.37. The lowest BCUT2D eigenvalue weighted by Gasteiger charge is -2.30. The summed E-state index contributed by atoms with van der Waals surface area (Å²) in [7, 11) is -3.23. The van der Waals surface area contributed by atoms with Gasteiger partial charge >= 0.3 is 0 Å². The predicted molar refractivity (Wildman–Crippen MR) is 110 cm³/mol. The summed E-state index contributed by atoms with van der Waals surface area (Å²) >= 11 is 0. The molecule has 0 aliphatic carbocycles. The largest absolute Gasteiger partial charge is 0.351 e. The Morgan fingerprint density at radius 3 is 2.57 bits per heavy atom. The molecule has 0 bridgehead atoms. The van der Waals surface area contributed by atoms with Gasteiger partial charge in [0, 0.05) is 37.4 Å². The van der Waals surface area contributed by atoms with Crippen LogP contribution in [0.2, 0.25) is 0 Å². The maximum Gasteiger partial charge on any atom is 0.286 e. The standard InChI is InChI=1S/C19H25F2N5O3S/c1-3-4-7-25-12-13(10-15(20)18(25)27)17-16(21)11-22-19(24-17)23-14-5-8-26(9-6-14)30(2,28)29/h10-12,14H,3-9H2,1-2H3,(H,22,23,24). The van der Waals surface area contributed by atoms with E-state index >= 15 is 0 Å². The van der Waals surface area contributed by atoms with Gasteiger partial charge in [0.2, 0.25) is 16.0 Å². The van der Waals surface area contributed by atoms with E-state index in [0.717, 1.165) is 18.7 Å². The second kappa shape index (κ2) is 9.17. The number of aromatic nitrogens is 3. The van der Waals surface area contributed by atoms with E-state index in [2.05, 4.69) is 15.3 Å². The van der Waals surface area contributed by atoms with Crippen molar-refractivity contribution < 1.29 is 17.2 Å². The molecule has 0 unspecified atom stereocenters. The summed E-state index contributed by atoms with van der Waals surface area (Å²) in [6.45, 7) is 3.03. The van der Waals surface area contributed by atoms with Crippen molar-refractivity contribution in [3.8, 4) is 11.3 Å². The summed E-state index contributed by atoms with van der Waals surface area (Å²) in [6, 6.07) is 0.904. The zero-order valence-electron chi connectivity index (χ0n) is 16.9. The highest BCUT2D eigenvalue weighted by Gasteiger charge is 2.25. The number of sulfonamides is 1. The average Bonchev–Trinajstić information content (AvgIpc) is 2.70. The highest BCUT2D eigenvalue weighted by molar-refractivity contribution is 7.88. The number of pyridine rings is 1. The van der Waals surface area contributed by atoms with Gasteiger partial charge in [-0.05, 0) is 25.3 Å². The van der Waals surface area contributed by atoms with Crippen molar-refractivity contribution in [2.45, 2.75) is 45.2 Å². The van der Waals surface area contributed by atoms with Crippen LogP contribution in [-0.4, -0.2) is 52.6 Å². The molecule has 1 N–H and O–H groups in total. The fourth-order valence-electron chi connectivity index (χ4n) is 3.38. The van der Waals surface area contributed by atoms with E-state index in [1.807, 2.05) is 6.92 Å². The number of rotatable bonds is 7. The van der Waals surface area contributed by atoms with E-state index in [1.54, 1.807) is 0 Å². The van der Waals surface area contributed by atoms with E-state index in [4.69, 9.17) is 0 Å². The molecule has 0 radical (unpaired) electrons. The zero-order valence-corrected chi connectivity index (χ0v) is 17.8. The first-order valence-corrected chi connectivity index (χ1v) is 11.7. The van der Waals surface area contributed by atoms with E-state index in [0.29, 0.717) is 38.9 Å². The number of halogens is 2. The van der Waals surface area contributed by atoms with Crippen molar-refractivity contribution in [1.29, 1.82) is 0 Å². The Hall–Kier alpha value is -2.40. The minimum atomic E-state index is -3.23. The predicted octanol–water partition coefficient (Wildman–Crippen LogP) is 2.22. The van der Waals surface area contributed by atoms with Crippen LogP contribution in [-0.2, 0) is 16.6 Å². The van der Waals surface area contributed by atoms with Gasteiger partial charge in [-0.15, -0.1) is 0 Å². The fraction of sp³-hybridized carbons (Fsp3) is 0.526. The van der Waals surface area contributed by atoms with Gasteiger partial charge in [-0.3, -0.25) is 4.79 Å². The molecule has 3 rings (SSSR count).